The number of ether oxygens (including phenoxy) is 1. The molecule has 1 aromatic carbocycles. The van der Waals surface area contributed by atoms with E-state index in [-0.39, 0.29) is 6.03 Å². The van der Waals surface area contributed by atoms with Crippen molar-refractivity contribution < 1.29 is 14.6 Å². The minimum Gasteiger partial charge on any atom is -0.492 e. The van der Waals surface area contributed by atoms with Crippen LogP contribution in [0.3, 0.4) is 0 Å². The quantitative estimate of drug-likeness (QED) is 0.895. The number of anilines is 1. The van der Waals surface area contributed by atoms with Gasteiger partial charge in [0.1, 0.15) is 5.75 Å². The summed E-state index contributed by atoms with van der Waals surface area (Å²) in [7, 11) is 0. The number of β-amino-alcohol motifs (C(OH)–C–C–N with tert-alkyl or cyclic N) is 1. The number of urea groups is 1. The van der Waals surface area contributed by atoms with E-state index >= 15 is 0 Å². The maximum atomic E-state index is 12.0. The topological polar surface area (TPSA) is 61.8 Å². The maximum Gasteiger partial charge on any atom is 0.322 e. The van der Waals surface area contributed by atoms with Gasteiger partial charge in [-0.2, -0.15) is 0 Å². The summed E-state index contributed by atoms with van der Waals surface area (Å²) in [4.78, 5) is 13.6. The highest BCUT2D eigenvalue weighted by Gasteiger charge is 2.25. The van der Waals surface area contributed by atoms with E-state index in [2.05, 4.69) is 5.32 Å². The van der Waals surface area contributed by atoms with E-state index in [1.807, 2.05) is 6.92 Å². The van der Waals surface area contributed by atoms with Gasteiger partial charge < -0.3 is 20.1 Å². The number of nitrogens with zero attached hydrogens (tertiary/aromatic N) is 1. The molecule has 1 aliphatic rings. The number of benzene rings is 1. The van der Waals surface area contributed by atoms with E-state index in [4.69, 9.17) is 16.3 Å². The predicted molar refractivity (Wildman–Crippen MR) is 73.8 cm³/mol. The molecule has 2 rings (SSSR count). The molecule has 5 nitrogen and oxygen atoms in total. The number of aliphatic hydroxyl groups is 1. The molecule has 104 valence electrons. The van der Waals surface area contributed by atoms with Gasteiger partial charge in [0, 0.05) is 24.2 Å². The molecular weight excluding hydrogens is 268 g/mol. The van der Waals surface area contributed by atoms with Gasteiger partial charge in [0.15, 0.2) is 0 Å². The van der Waals surface area contributed by atoms with Crippen LogP contribution < -0.4 is 10.1 Å². The minimum absolute atomic E-state index is 0.236. The molecule has 0 bridgehead atoms. The Morgan fingerprint density at radius 1 is 1.63 bits per heavy atom. The van der Waals surface area contributed by atoms with Crippen LogP contribution in [0.2, 0.25) is 5.02 Å². The number of hydrogen-bond acceptors (Lipinski definition) is 3. The number of aliphatic hydroxyl groups excluding tert-OH is 1. The monoisotopic (exact) mass is 284 g/mol. The lowest BCUT2D eigenvalue weighted by Gasteiger charge is -2.18. The molecule has 1 atom stereocenters. The smallest absolute Gasteiger partial charge is 0.322 e. The largest absolute Gasteiger partial charge is 0.492 e. The Morgan fingerprint density at radius 2 is 2.42 bits per heavy atom. The highest BCUT2D eigenvalue weighted by atomic mass is 35.5. The van der Waals surface area contributed by atoms with E-state index in [9.17, 15) is 9.90 Å². The third-order valence-electron chi connectivity index (χ3n) is 2.94. The van der Waals surface area contributed by atoms with Crippen molar-refractivity contribution in [1.29, 1.82) is 0 Å². The van der Waals surface area contributed by atoms with Gasteiger partial charge >= 0.3 is 6.03 Å². The first kappa shape index (κ1) is 14.0. The second-order valence-corrected chi connectivity index (χ2v) is 4.83. The van der Waals surface area contributed by atoms with Crippen LogP contribution in [-0.4, -0.2) is 41.8 Å². The number of likely N-dealkylation sites (tertiary alicyclic amines) is 1. The van der Waals surface area contributed by atoms with Crippen molar-refractivity contribution in [2.75, 3.05) is 25.0 Å². The summed E-state index contributed by atoms with van der Waals surface area (Å²) in [6.45, 7) is 3.28. The Hall–Kier alpha value is -1.46. The van der Waals surface area contributed by atoms with Crippen LogP contribution in [0.15, 0.2) is 18.2 Å². The molecule has 2 amide bonds. The average Bonchev–Trinajstić information content (AvgIpc) is 2.80. The summed E-state index contributed by atoms with van der Waals surface area (Å²) in [5, 5.41) is 12.8. The number of carbonyl (C=O) groups is 1. The molecule has 1 fully saturated rings. The van der Waals surface area contributed by atoms with Crippen LogP contribution in [0.1, 0.15) is 13.3 Å². The van der Waals surface area contributed by atoms with Gasteiger partial charge in [0.2, 0.25) is 0 Å². The lowest BCUT2D eigenvalue weighted by molar-refractivity contribution is 0.176. The first-order valence-corrected chi connectivity index (χ1v) is 6.64. The van der Waals surface area contributed by atoms with Crippen LogP contribution in [0.5, 0.6) is 5.75 Å². The van der Waals surface area contributed by atoms with E-state index in [1.54, 1.807) is 23.1 Å². The molecular formula is C13H17ClN2O3. The van der Waals surface area contributed by atoms with Crippen molar-refractivity contribution in [2.24, 2.45) is 0 Å². The number of amides is 2. The van der Waals surface area contributed by atoms with Crippen molar-refractivity contribution in [1.82, 2.24) is 4.90 Å². The second-order valence-electron chi connectivity index (χ2n) is 4.39. The third-order valence-corrected chi connectivity index (χ3v) is 3.17. The molecule has 1 saturated heterocycles. The average molecular weight is 285 g/mol. The summed E-state index contributed by atoms with van der Waals surface area (Å²) < 4.78 is 5.44. The molecule has 1 heterocycles. The predicted octanol–water partition coefficient (Wildman–Crippen LogP) is 2.34. The normalized spacial score (nSPS) is 18.5. The summed E-state index contributed by atoms with van der Waals surface area (Å²) in [5.41, 5.74) is 0.581. The molecule has 0 aliphatic carbocycles. The van der Waals surface area contributed by atoms with Crippen molar-refractivity contribution in [2.45, 2.75) is 19.4 Å². The van der Waals surface area contributed by atoms with E-state index in [0.29, 0.717) is 42.6 Å². The zero-order chi connectivity index (χ0) is 13.8. The summed E-state index contributed by atoms with van der Waals surface area (Å²) in [6, 6.07) is 4.83. The molecule has 19 heavy (non-hydrogen) atoms. The van der Waals surface area contributed by atoms with Crippen molar-refractivity contribution in [3.63, 3.8) is 0 Å². The standard InChI is InChI=1S/C13H17ClN2O3/c1-2-19-12-7-9(14)3-4-11(12)15-13(18)16-6-5-10(17)8-16/h3-4,7,10,17H,2,5-6,8H2,1H3,(H,15,18)/t10-/m1/s1. The Bertz CT molecular complexity index is 467. The van der Waals surface area contributed by atoms with E-state index in [1.165, 1.54) is 0 Å². The zero-order valence-electron chi connectivity index (χ0n) is 10.7. The van der Waals surface area contributed by atoms with Gasteiger partial charge in [0.05, 0.1) is 18.4 Å². The summed E-state index contributed by atoms with van der Waals surface area (Å²) in [6.07, 6.45) is 0.189. The van der Waals surface area contributed by atoms with Crippen LogP contribution in [0.25, 0.3) is 0 Å². The summed E-state index contributed by atoms with van der Waals surface area (Å²) in [5.74, 6) is 0.545. The van der Waals surface area contributed by atoms with Crippen molar-refractivity contribution >= 4 is 23.3 Å². The molecule has 2 N–H and O–H groups in total. The summed E-state index contributed by atoms with van der Waals surface area (Å²) >= 11 is 5.90. The number of halogens is 1. The first-order chi connectivity index (χ1) is 9.10. The lowest BCUT2D eigenvalue weighted by atomic mass is 10.3. The van der Waals surface area contributed by atoms with Crippen LogP contribution in [0.4, 0.5) is 10.5 Å². The number of nitrogens with one attached hydrogen (secondary N) is 1. The van der Waals surface area contributed by atoms with Crippen molar-refractivity contribution in [3.05, 3.63) is 23.2 Å². The molecule has 0 saturated carbocycles. The second kappa shape index (κ2) is 6.12. The van der Waals surface area contributed by atoms with Crippen molar-refractivity contribution in [3.8, 4) is 5.75 Å². The van der Waals surface area contributed by atoms with Gasteiger partial charge in [-0.15, -0.1) is 0 Å². The van der Waals surface area contributed by atoms with Gasteiger partial charge in [-0.3, -0.25) is 0 Å². The first-order valence-electron chi connectivity index (χ1n) is 6.26. The molecule has 0 radical (unpaired) electrons. The fourth-order valence-corrected chi connectivity index (χ4v) is 2.16. The molecule has 0 aromatic heterocycles. The maximum absolute atomic E-state index is 12.0. The zero-order valence-corrected chi connectivity index (χ0v) is 11.5. The van der Waals surface area contributed by atoms with Crippen LogP contribution >= 0.6 is 11.6 Å². The number of hydrogen-bond donors (Lipinski definition) is 2. The van der Waals surface area contributed by atoms with Crippen LogP contribution in [-0.2, 0) is 0 Å². The Morgan fingerprint density at radius 3 is 3.05 bits per heavy atom. The van der Waals surface area contributed by atoms with Gasteiger partial charge in [0.25, 0.3) is 0 Å². The minimum atomic E-state index is -0.428. The highest BCUT2D eigenvalue weighted by molar-refractivity contribution is 6.30. The molecule has 6 heteroatoms. The molecule has 1 aromatic rings. The molecule has 0 spiro atoms. The third kappa shape index (κ3) is 3.52. The van der Waals surface area contributed by atoms with Gasteiger partial charge in [-0.1, -0.05) is 11.6 Å². The number of rotatable bonds is 3. The fraction of sp³-hybridized carbons (Fsp3) is 0.462. The SMILES string of the molecule is CCOc1cc(Cl)ccc1NC(=O)N1CC[C@@H](O)C1. The van der Waals surface area contributed by atoms with Gasteiger partial charge in [-0.25, -0.2) is 4.79 Å². The highest BCUT2D eigenvalue weighted by Crippen LogP contribution is 2.28. The molecule has 0 unspecified atom stereocenters. The van der Waals surface area contributed by atoms with Crippen LogP contribution in [0, 0.1) is 0 Å². The number of carbonyl (C=O) groups excluding carboxylic acids is 1. The fourth-order valence-electron chi connectivity index (χ4n) is 1.99. The van der Waals surface area contributed by atoms with Gasteiger partial charge in [-0.05, 0) is 25.5 Å². The Labute approximate surface area is 117 Å². The Kier molecular flexibility index (Phi) is 4.50. The van der Waals surface area contributed by atoms with E-state index < -0.39 is 6.10 Å². The Balaban J connectivity index is 2.07. The lowest BCUT2D eigenvalue weighted by Crippen LogP contribution is -2.33. The molecule has 1 aliphatic heterocycles. The van der Waals surface area contributed by atoms with E-state index in [0.717, 1.165) is 0 Å².